The van der Waals surface area contributed by atoms with Gasteiger partial charge >= 0.3 is 0 Å². The van der Waals surface area contributed by atoms with Gasteiger partial charge in [-0.1, -0.05) is 47.5 Å². The Labute approximate surface area is 178 Å². The van der Waals surface area contributed by atoms with E-state index in [1.54, 1.807) is 48.5 Å². The van der Waals surface area contributed by atoms with Gasteiger partial charge in [0.25, 0.3) is 17.7 Å². The minimum atomic E-state index is -0.440. The molecule has 0 bridgehead atoms. The standard InChI is InChI=1S/C22H18Cl2N2O3/c23-16-9-5-14(6-10-16)13-25(20(27)15-7-11-17(24)12-8-15)26-21(28)18-3-1-2-4-19(18)22(26)29/h1-2,5-12,18-19H,3-4,13H2/t18-,19-/m0/s1. The number of fused-ring (bicyclic) bond motifs is 1. The molecule has 0 saturated carbocycles. The van der Waals surface area contributed by atoms with Crippen molar-refractivity contribution in [2.24, 2.45) is 11.8 Å². The third-order valence-corrected chi connectivity index (χ3v) is 5.80. The number of halogens is 2. The molecule has 2 aromatic rings. The molecule has 29 heavy (non-hydrogen) atoms. The minimum absolute atomic E-state index is 0.0724. The van der Waals surface area contributed by atoms with Crippen LogP contribution in [0.4, 0.5) is 0 Å². The number of hydrogen-bond donors (Lipinski definition) is 0. The molecule has 1 fully saturated rings. The molecule has 0 N–H and O–H groups in total. The van der Waals surface area contributed by atoms with Crippen molar-refractivity contribution in [1.29, 1.82) is 0 Å². The van der Waals surface area contributed by atoms with Crippen molar-refractivity contribution >= 4 is 40.9 Å². The van der Waals surface area contributed by atoms with Crippen LogP contribution < -0.4 is 0 Å². The maximum absolute atomic E-state index is 13.3. The van der Waals surface area contributed by atoms with E-state index in [9.17, 15) is 14.4 Å². The first-order chi connectivity index (χ1) is 14.0. The molecule has 5 nitrogen and oxygen atoms in total. The number of carbonyl (C=O) groups is 3. The van der Waals surface area contributed by atoms with Crippen LogP contribution in [-0.4, -0.2) is 27.7 Å². The van der Waals surface area contributed by atoms with Crippen LogP contribution in [-0.2, 0) is 16.1 Å². The summed E-state index contributed by atoms with van der Waals surface area (Å²) < 4.78 is 0. The zero-order valence-electron chi connectivity index (χ0n) is 15.4. The number of nitrogens with zero attached hydrogens (tertiary/aromatic N) is 2. The van der Waals surface area contributed by atoms with Gasteiger partial charge in [0.15, 0.2) is 0 Å². The summed E-state index contributed by atoms with van der Waals surface area (Å²) in [7, 11) is 0. The van der Waals surface area contributed by atoms with E-state index in [4.69, 9.17) is 23.2 Å². The fourth-order valence-corrected chi connectivity index (χ4v) is 4.01. The average molecular weight is 429 g/mol. The molecular weight excluding hydrogens is 411 g/mol. The number of rotatable bonds is 4. The van der Waals surface area contributed by atoms with Crippen LogP contribution in [0.2, 0.25) is 10.0 Å². The summed E-state index contributed by atoms with van der Waals surface area (Å²) in [6, 6.07) is 13.3. The number of benzene rings is 2. The first kappa shape index (κ1) is 19.7. The number of allylic oxidation sites excluding steroid dienone is 2. The van der Waals surface area contributed by atoms with E-state index < -0.39 is 17.7 Å². The second kappa shape index (κ2) is 8.01. The summed E-state index contributed by atoms with van der Waals surface area (Å²) in [6.07, 6.45) is 4.85. The van der Waals surface area contributed by atoms with Gasteiger partial charge in [0, 0.05) is 15.6 Å². The Morgan fingerprint density at radius 3 is 1.86 bits per heavy atom. The molecule has 3 amide bonds. The van der Waals surface area contributed by atoms with Crippen LogP contribution in [0.3, 0.4) is 0 Å². The van der Waals surface area contributed by atoms with Crippen LogP contribution in [0.1, 0.15) is 28.8 Å². The van der Waals surface area contributed by atoms with Gasteiger partial charge in [0.2, 0.25) is 0 Å². The van der Waals surface area contributed by atoms with Gasteiger partial charge in [-0.15, -0.1) is 0 Å². The predicted molar refractivity (Wildman–Crippen MR) is 110 cm³/mol. The van der Waals surface area contributed by atoms with Crippen molar-refractivity contribution in [2.45, 2.75) is 19.4 Å². The monoisotopic (exact) mass is 428 g/mol. The van der Waals surface area contributed by atoms with E-state index in [1.807, 2.05) is 12.2 Å². The number of carbonyl (C=O) groups excluding carboxylic acids is 3. The van der Waals surface area contributed by atoms with Crippen LogP contribution in [0.5, 0.6) is 0 Å². The highest BCUT2D eigenvalue weighted by Crippen LogP contribution is 2.36. The third kappa shape index (κ3) is 3.80. The molecule has 1 aliphatic heterocycles. The van der Waals surface area contributed by atoms with E-state index >= 15 is 0 Å². The lowest BCUT2D eigenvalue weighted by Crippen LogP contribution is -2.49. The fraction of sp³-hybridized carbons (Fsp3) is 0.227. The lowest BCUT2D eigenvalue weighted by atomic mass is 9.85. The molecule has 4 rings (SSSR count). The van der Waals surface area contributed by atoms with Crippen molar-refractivity contribution in [3.63, 3.8) is 0 Å². The Kier molecular flexibility index (Phi) is 5.43. The fourth-order valence-electron chi connectivity index (χ4n) is 3.76. The highest BCUT2D eigenvalue weighted by Gasteiger charge is 2.50. The maximum atomic E-state index is 13.3. The summed E-state index contributed by atoms with van der Waals surface area (Å²) in [4.78, 5) is 39.4. The van der Waals surface area contributed by atoms with Crippen molar-refractivity contribution in [3.05, 3.63) is 81.9 Å². The molecule has 2 aromatic carbocycles. The van der Waals surface area contributed by atoms with E-state index in [-0.39, 0.29) is 18.4 Å². The van der Waals surface area contributed by atoms with Gasteiger partial charge in [-0.3, -0.25) is 14.4 Å². The quantitative estimate of drug-likeness (QED) is 0.531. The lowest BCUT2D eigenvalue weighted by Gasteiger charge is -2.30. The highest BCUT2D eigenvalue weighted by atomic mass is 35.5. The van der Waals surface area contributed by atoms with Crippen molar-refractivity contribution < 1.29 is 14.4 Å². The SMILES string of the molecule is O=C(c1ccc(Cl)cc1)N(Cc1ccc(Cl)cc1)N1C(=O)[C@H]2CC=CC[C@@H]2C1=O. The second-order valence-electron chi connectivity index (χ2n) is 7.14. The minimum Gasteiger partial charge on any atom is -0.272 e. The first-order valence-electron chi connectivity index (χ1n) is 9.30. The van der Waals surface area contributed by atoms with Crippen molar-refractivity contribution in [2.75, 3.05) is 0 Å². The summed E-state index contributed by atoms with van der Waals surface area (Å²) in [6.45, 7) is 0.0724. The average Bonchev–Trinajstić information content (AvgIpc) is 2.98. The second-order valence-corrected chi connectivity index (χ2v) is 8.01. The highest BCUT2D eigenvalue weighted by molar-refractivity contribution is 6.30. The van der Waals surface area contributed by atoms with Crippen LogP contribution in [0.25, 0.3) is 0 Å². The number of hydrazine groups is 1. The van der Waals surface area contributed by atoms with Crippen LogP contribution in [0.15, 0.2) is 60.7 Å². The van der Waals surface area contributed by atoms with Gasteiger partial charge in [0.05, 0.1) is 18.4 Å². The Morgan fingerprint density at radius 2 is 1.34 bits per heavy atom. The van der Waals surface area contributed by atoms with Gasteiger partial charge in [0.1, 0.15) is 0 Å². The Balaban J connectivity index is 1.70. The number of hydrogen-bond acceptors (Lipinski definition) is 3. The van der Waals surface area contributed by atoms with E-state index in [2.05, 4.69) is 0 Å². The summed E-state index contributed by atoms with van der Waals surface area (Å²) in [5.41, 5.74) is 1.10. The summed E-state index contributed by atoms with van der Waals surface area (Å²) in [5.74, 6) is -1.94. The topological polar surface area (TPSA) is 57.7 Å². The van der Waals surface area contributed by atoms with Gasteiger partial charge in [-0.2, -0.15) is 5.01 Å². The molecular formula is C22H18Cl2N2O3. The molecule has 148 valence electrons. The third-order valence-electron chi connectivity index (χ3n) is 5.30. The summed E-state index contributed by atoms with van der Waals surface area (Å²) >= 11 is 11.9. The molecule has 0 aromatic heterocycles. The van der Waals surface area contributed by atoms with Gasteiger partial charge < -0.3 is 0 Å². The zero-order valence-corrected chi connectivity index (χ0v) is 16.9. The van der Waals surface area contributed by atoms with Crippen LogP contribution >= 0.6 is 23.2 Å². The molecule has 1 saturated heterocycles. The first-order valence-corrected chi connectivity index (χ1v) is 10.1. The molecule has 0 radical (unpaired) electrons. The predicted octanol–water partition coefficient (Wildman–Crippen LogP) is 4.50. The maximum Gasteiger partial charge on any atom is 0.273 e. The zero-order chi connectivity index (χ0) is 20.5. The molecule has 1 heterocycles. The smallest absolute Gasteiger partial charge is 0.272 e. The van der Waals surface area contributed by atoms with Gasteiger partial charge in [-0.05, 0) is 54.8 Å². The largest absolute Gasteiger partial charge is 0.273 e. The normalized spacial score (nSPS) is 20.7. The molecule has 1 aliphatic carbocycles. The van der Waals surface area contributed by atoms with E-state index in [0.29, 0.717) is 28.5 Å². The Morgan fingerprint density at radius 1 is 0.862 bits per heavy atom. The van der Waals surface area contributed by atoms with Crippen molar-refractivity contribution in [3.8, 4) is 0 Å². The Hall–Kier alpha value is -2.63. The summed E-state index contributed by atoms with van der Waals surface area (Å²) in [5, 5.41) is 3.33. The number of imide groups is 1. The number of amides is 3. The molecule has 2 aliphatic rings. The van der Waals surface area contributed by atoms with E-state index in [1.165, 1.54) is 5.01 Å². The molecule has 7 heteroatoms. The molecule has 0 unspecified atom stereocenters. The lowest BCUT2D eigenvalue weighted by molar-refractivity contribution is -0.155. The van der Waals surface area contributed by atoms with Crippen LogP contribution in [0, 0.1) is 11.8 Å². The molecule has 2 atom stereocenters. The Bertz CT molecular complexity index is 960. The van der Waals surface area contributed by atoms with Crippen molar-refractivity contribution in [1.82, 2.24) is 10.0 Å². The molecule has 0 spiro atoms. The van der Waals surface area contributed by atoms with Gasteiger partial charge in [-0.25, -0.2) is 5.01 Å². The van der Waals surface area contributed by atoms with E-state index in [0.717, 1.165) is 10.6 Å².